The van der Waals surface area contributed by atoms with E-state index < -0.39 is 0 Å². The number of amides is 1. The third-order valence-electron chi connectivity index (χ3n) is 3.21. The van der Waals surface area contributed by atoms with Crippen molar-refractivity contribution in [2.45, 2.75) is 51.6 Å². The third kappa shape index (κ3) is 2.92. The first-order chi connectivity index (χ1) is 7.51. The molecule has 4 heteroatoms. The molecular weight excluding hydrogens is 220 g/mol. The van der Waals surface area contributed by atoms with Crippen LogP contribution in [-0.2, 0) is 4.79 Å². The van der Waals surface area contributed by atoms with Crippen LogP contribution in [-0.4, -0.2) is 41.1 Å². The van der Waals surface area contributed by atoms with E-state index in [9.17, 15) is 4.79 Å². The van der Waals surface area contributed by atoms with Crippen molar-refractivity contribution in [3.63, 3.8) is 0 Å². The molecule has 0 spiro atoms. The van der Waals surface area contributed by atoms with Gasteiger partial charge in [-0.3, -0.25) is 10.1 Å². The number of nitrogens with one attached hydrogen (secondary N) is 1. The first-order valence-corrected chi connectivity index (χ1v) is 7.39. The lowest BCUT2D eigenvalue weighted by Crippen LogP contribution is -2.40. The minimum Gasteiger partial charge on any atom is -0.325 e. The molecule has 1 saturated heterocycles. The number of hydrogen-bond donors (Lipinski definition) is 1. The molecule has 0 bridgehead atoms. The third-order valence-corrected chi connectivity index (χ3v) is 4.16. The van der Waals surface area contributed by atoms with Crippen LogP contribution in [0.2, 0.25) is 0 Å². The second-order valence-electron chi connectivity index (χ2n) is 4.85. The number of nitrogens with zero attached hydrogens (tertiary/aromatic N) is 1. The second-order valence-corrected chi connectivity index (χ2v) is 6.13. The molecule has 0 saturated carbocycles. The summed E-state index contributed by atoms with van der Waals surface area (Å²) in [6.45, 7) is 9.36. The standard InChI is InChI=1S/C12H24N2OS/c1-6-10-13-11(8(2)3)12(15)14(10)7-9(4)16-5/h8-11,13H,6-7H2,1-5H3. The fourth-order valence-corrected chi connectivity index (χ4v) is 2.40. The maximum absolute atomic E-state index is 12.2. The number of rotatable bonds is 5. The Kier molecular flexibility index (Phi) is 5.12. The first-order valence-electron chi connectivity index (χ1n) is 6.10. The minimum atomic E-state index is 0.0130. The van der Waals surface area contributed by atoms with E-state index in [0.717, 1.165) is 13.0 Å². The number of hydrogen-bond acceptors (Lipinski definition) is 3. The summed E-state index contributed by atoms with van der Waals surface area (Å²) >= 11 is 1.81. The van der Waals surface area contributed by atoms with Crippen molar-refractivity contribution in [2.75, 3.05) is 12.8 Å². The Balaban J connectivity index is 2.70. The average molecular weight is 244 g/mol. The van der Waals surface area contributed by atoms with Crippen LogP contribution in [0, 0.1) is 5.92 Å². The minimum absolute atomic E-state index is 0.0130. The quantitative estimate of drug-likeness (QED) is 0.802. The zero-order valence-corrected chi connectivity index (χ0v) is 11.8. The maximum Gasteiger partial charge on any atom is 0.241 e. The van der Waals surface area contributed by atoms with Gasteiger partial charge in [0.05, 0.1) is 12.2 Å². The largest absolute Gasteiger partial charge is 0.325 e. The molecule has 16 heavy (non-hydrogen) atoms. The summed E-state index contributed by atoms with van der Waals surface area (Å²) in [4.78, 5) is 14.2. The van der Waals surface area contributed by atoms with Crippen LogP contribution in [0.4, 0.5) is 0 Å². The fourth-order valence-electron chi connectivity index (χ4n) is 2.09. The van der Waals surface area contributed by atoms with Gasteiger partial charge < -0.3 is 4.90 Å². The molecule has 3 unspecified atom stereocenters. The van der Waals surface area contributed by atoms with Gasteiger partial charge in [-0.05, 0) is 18.6 Å². The summed E-state index contributed by atoms with van der Waals surface area (Å²) in [5, 5.41) is 3.94. The Morgan fingerprint density at radius 1 is 1.44 bits per heavy atom. The van der Waals surface area contributed by atoms with Gasteiger partial charge in [-0.2, -0.15) is 11.8 Å². The van der Waals surface area contributed by atoms with Crippen molar-refractivity contribution < 1.29 is 4.79 Å². The van der Waals surface area contributed by atoms with Gasteiger partial charge in [0.15, 0.2) is 0 Å². The SMILES string of the molecule is CCC1NC(C(C)C)C(=O)N1CC(C)SC. The Hall–Kier alpha value is -0.220. The van der Waals surface area contributed by atoms with Gasteiger partial charge in [0.2, 0.25) is 5.91 Å². The molecule has 0 aromatic carbocycles. The van der Waals surface area contributed by atoms with Gasteiger partial charge in [-0.15, -0.1) is 0 Å². The molecule has 1 fully saturated rings. The van der Waals surface area contributed by atoms with E-state index in [1.807, 2.05) is 16.7 Å². The monoisotopic (exact) mass is 244 g/mol. The predicted molar refractivity (Wildman–Crippen MR) is 70.5 cm³/mol. The van der Waals surface area contributed by atoms with Crippen LogP contribution in [0.25, 0.3) is 0 Å². The van der Waals surface area contributed by atoms with Gasteiger partial charge in [0.25, 0.3) is 0 Å². The van der Waals surface area contributed by atoms with Crippen molar-refractivity contribution in [1.29, 1.82) is 0 Å². The molecule has 1 amide bonds. The van der Waals surface area contributed by atoms with Crippen LogP contribution < -0.4 is 5.32 Å². The molecule has 0 aromatic heterocycles. The van der Waals surface area contributed by atoms with Crippen molar-refractivity contribution in [3.05, 3.63) is 0 Å². The lowest BCUT2D eigenvalue weighted by molar-refractivity contribution is -0.130. The smallest absolute Gasteiger partial charge is 0.241 e. The molecule has 1 N–H and O–H groups in total. The van der Waals surface area contributed by atoms with Crippen LogP contribution in [0.5, 0.6) is 0 Å². The van der Waals surface area contributed by atoms with E-state index in [1.54, 1.807) is 0 Å². The van der Waals surface area contributed by atoms with Crippen LogP contribution in [0.15, 0.2) is 0 Å². The average Bonchev–Trinajstić information content (AvgIpc) is 2.56. The highest BCUT2D eigenvalue weighted by Crippen LogP contribution is 2.21. The van der Waals surface area contributed by atoms with Crippen LogP contribution in [0.1, 0.15) is 34.1 Å². The Bertz CT molecular complexity index is 245. The Morgan fingerprint density at radius 3 is 2.50 bits per heavy atom. The number of thioether (sulfide) groups is 1. The molecule has 94 valence electrons. The highest BCUT2D eigenvalue weighted by atomic mass is 32.2. The van der Waals surface area contributed by atoms with Gasteiger partial charge in [-0.1, -0.05) is 27.7 Å². The van der Waals surface area contributed by atoms with Crippen LogP contribution >= 0.6 is 11.8 Å². The summed E-state index contributed by atoms with van der Waals surface area (Å²) in [5.41, 5.74) is 0. The van der Waals surface area contributed by atoms with Crippen molar-refractivity contribution in [2.24, 2.45) is 5.92 Å². The van der Waals surface area contributed by atoms with Gasteiger partial charge in [0.1, 0.15) is 0 Å². The molecule has 1 rings (SSSR count). The predicted octanol–water partition coefficient (Wildman–Crippen LogP) is 1.93. The van der Waals surface area contributed by atoms with Crippen LogP contribution in [0.3, 0.4) is 0 Å². The normalized spacial score (nSPS) is 27.9. The maximum atomic E-state index is 12.2. The van der Waals surface area contributed by atoms with E-state index in [4.69, 9.17) is 0 Å². The lowest BCUT2D eigenvalue weighted by atomic mass is 10.1. The Morgan fingerprint density at radius 2 is 2.06 bits per heavy atom. The summed E-state index contributed by atoms with van der Waals surface area (Å²) in [7, 11) is 0. The highest BCUT2D eigenvalue weighted by Gasteiger charge is 2.39. The van der Waals surface area contributed by atoms with Crippen molar-refractivity contribution >= 4 is 17.7 Å². The molecule has 0 aliphatic carbocycles. The number of carbonyl (C=O) groups is 1. The van der Waals surface area contributed by atoms with Gasteiger partial charge in [0, 0.05) is 11.8 Å². The summed E-state index contributed by atoms with van der Waals surface area (Å²) in [6, 6.07) is 0.0130. The molecule has 1 heterocycles. The van der Waals surface area contributed by atoms with Gasteiger partial charge in [-0.25, -0.2) is 0 Å². The van der Waals surface area contributed by atoms with E-state index in [0.29, 0.717) is 11.2 Å². The lowest BCUT2D eigenvalue weighted by Gasteiger charge is -2.25. The summed E-state index contributed by atoms with van der Waals surface area (Å²) in [6.07, 6.45) is 3.31. The zero-order chi connectivity index (χ0) is 12.3. The van der Waals surface area contributed by atoms with Crippen molar-refractivity contribution in [1.82, 2.24) is 10.2 Å². The molecule has 1 aliphatic rings. The van der Waals surface area contributed by atoms with E-state index in [-0.39, 0.29) is 18.1 Å². The molecule has 3 nitrogen and oxygen atoms in total. The molecule has 0 radical (unpaired) electrons. The highest BCUT2D eigenvalue weighted by molar-refractivity contribution is 7.99. The zero-order valence-electron chi connectivity index (χ0n) is 11.0. The number of carbonyl (C=O) groups excluding carboxylic acids is 1. The molecule has 0 aromatic rings. The Labute approximate surface area is 103 Å². The first kappa shape index (κ1) is 13.8. The van der Waals surface area contributed by atoms with Gasteiger partial charge >= 0.3 is 0 Å². The molecule has 3 atom stereocenters. The molecule has 1 aliphatic heterocycles. The molecular formula is C12H24N2OS. The topological polar surface area (TPSA) is 32.3 Å². The van der Waals surface area contributed by atoms with E-state index in [1.165, 1.54) is 0 Å². The second kappa shape index (κ2) is 5.92. The summed E-state index contributed by atoms with van der Waals surface area (Å²) < 4.78 is 0. The summed E-state index contributed by atoms with van der Waals surface area (Å²) in [5.74, 6) is 0.652. The fraction of sp³-hybridized carbons (Fsp3) is 0.917. The van der Waals surface area contributed by atoms with Crippen molar-refractivity contribution in [3.8, 4) is 0 Å². The van der Waals surface area contributed by atoms with E-state index in [2.05, 4.69) is 39.3 Å². The van der Waals surface area contributed by atoms with E-state index >= 15 is 0 Å².